The number of Topliss-reactive ketones (excluding diaryl/α,β-unsaturated/α-hetero) is 1. The molecule has 0 fully saturated rings. The average Bonchev–Trinajstić information content (AvgIpc) is 2.18. The van der Waals surface area contributed by atoms with Crippen LogP contribution in [0.2, 0.25) is 0 Å². The van der Waals surface area contributed by atoms with Crippen LogP contribution in [-0.4, -0.2) is 21.2 Å². The Morgan fingerprint density at radius 2 is 1.68 bits per heavy atom. The van der Waals surface area contributed by atoms with Crippen molar-refractivity contribution in [2.45, 2.75) is 45.9 Å². The highest BCUT2D eigenvalue weighted by molar-refractivity contribution is 9.10. The van der Waals surface area contributed by atoms with Gasteiger partial charge in [-0.05, 0) is 23.0 Å². The minimum Gasteiger partial charge on any atom is -0.478 e. The predicted molar refractivity (Wildman–Crippen MR) is 79.4 cm³/mol. The molecule has 0 saturated heterocycles. The number of aliphatic carboxylic acids is 1. The maximum absolute atomic E-state index is 12.8. The van der Waals surface area contributed by atoms with E-state index in [1.54, 1.807) is 0 Å². The van der Waals surface area contributed by atoms with Crippen LogP contribution in [0.25, 0.3) is 0 Å². The summed E-state index contributed by atoms with van der Waals surface area (Å²) in [4.78, 5) is 24.1. The van der Waals surface area contributed by atoms with Crippen molar-refractivity contribution in [3.05, 3.63) is 23.3 Å². The molecule has 1 unspecified atom stereocenters. The molecule has 1 rings (SSSR count). The van der Waals surface area contributed by atoms with Crippen LogP contribution < -0.4 is 0 Å². The second-order valence-corrected chi connectivity index (χ2v) is 8.25. The van der Waals surface area contributed by atoms with Crippen LogP contribution in [0.1, 0.15) is 41.5 Å². The van der Waals surface area contributed by atoms with Gasteiger partial charge in [0.1, 0.15) is 4.32 Å². The van der Waals surface area contributed by atoms with Gasteiger partial charge in [-0.2, -0.15) is 0 Å². The van der Waals surface area contributed by atoms with Crippen LogP contribution in [0.4, 0.5) is 0 Å². The molecule has 19 heavy (non-hydrogen) atoms. The van der Waals surface area contributed by atoms with Gasteiger partial charge in [-0.1, -0.05) is 57.5 Å². The van der Waals surface area contributed by atoms with E-state index in [1.807, 2.05) is 41.5 Å². The second-order valence-electron chi connectivity index (χ2n) is 7.00. The Kier molecular flexibility index (Phi) is 3.90. The van der Waals surface area contributed by atoms with Crippen LogP contribution in [0, 0.1) is 10.8 Å². The molecule has 0 aromatic carbocycles. The van der Waals surface area contributed by atoms with Crippen LogP contribution in [-0.2, 0) is 9.59 Å². The summed E-state index contributed by atoms with van der Waals surface area (Å²) in [5.74, 6) is -1.07. The standard InChI is InChI=1S/C15H21BrO3/c1-13(2,3)10-7-9(12(18)19)8-15(16,11(10)17)14(4,5)6/h7-8H,1-6H3,(H,18,19). The summed E-state index contributed by atoms with van der Waals surface area (Å²) in [6.07, 6.45) is 3.02. The van der Waals surface area contributed by atoms with E-state index in [4.69, 9.17) is 0 Å². The Morgan fingerprint density at radius 3 is 2.00 bits per heavy atom. The van der Waals surface area contributed by atoms with Gasteiger partial charge in [0.15, 0.2) is 5.78 Å². The van der Waals surface area contributed by atoms with Crippen LogP contribution in [0.15, 0.2) is 23.3 Å². The van der Waals surface area contributed by atoms with Gasteiger partial charge in [0.05, 0.1) is 5.57 Å². The monoisotopic (exact) mass is 328 g/mol. The average molecular weight is 329 g/mol. The molecule has 0 radical (unpaired) electrons. The molecule has 3 nitrogen and oxygen atoms in total. The highest BCUT2D eigenvalue weighted by atomic mass is 79.9. The van der Waals surface area contributed by atoms with Crippen molar-refractivity contribution in [1.82, 2.24) is 0 Å². The quantitative estimate of drug-likeness (QED) is 0.746. The maximum Gasteiger partial charge on any atom is 0.335 e. The number of carbonyl (C=O) groups is 2. The lowest BCUT2D eigenvalue weighted by Gasteiger charge is -2.41. The molecule has 0 aliphatic heterocycles. The van der Waals surface area contributed by atoms with E-state index in [9.17, 15) is 14.7 Å². The summed E-state index contributed by atoms with van der Waals surface area (Å²) in [6.45, 7) is 11.5. The van der Waals surface area contributed by atoms with Crippen molar-refractivity contribution in [2.75, 3.05) is 0 Å². The fourth-order valence-corrected chi connectivity index (χ4v) is 2.44. The SMILES string of the molecule is CC(C)(C)C1=CC(C(=O)O)=CC(Br)(C(C)(C)C)C1=O. The normalized spacial score (nSPS) is 24.9. The zero-order valence-corrected chi connectivity index (χ0v) is 13.9. The zero-order chi connectivity index (χ0) is 15.2. The summed E-state index contributed by atoms with van der Waals surface area (Å²) in [5.41, 5.74) is -0.109. The van der Waals surface area contributed by atoms with Crippen molar-refractivity contribution in [2.24, 2.45) is 10.8 Å². The van der Waals surface area contributed by atoms with Crippen molar-refractivity contribution >= 4 is 27.7 Å². The van der Waals surface area contributed by atoms with Crippen LogP contribution in [0.5, 0.6) is 0 Å². The molecule has 1 aliphatic carbocycles. The minimum absolute atomic E-state index is 0.0579. The third-order valence-corrected chi connectivity index (χ3v) is 5.15. The maximum atomic E-state index is 12.8. The van der Waals surface area contributed by atoms with Gasteiger partial charge in [-0.25, -0.2) is 4.79 Å². The summed E-state index contributed by atoms with van der Waals surface area (Å²) >= 11 is 3.49. The number of carbonyl (C=O) groups excluding carboxylic acids is 1. The number of carboxylic acid groups (broad SMARTS) is 1. The lowest BCUT2D eigenvalue weighted by Crippen LogP contribution is -2.47. The van der Waals surface area contributed by atoms with Gasteiger partial charge in [-0.3, -0.25) is 4.79 Å². The number of alkyl halides is 1. The Labute approximate surface area is 122 Å². The topological polar surface area (TPSA) is 54.4 Å². The molecule has 106 valence electrons. The molecule has 0 bridgehead atoms. The lowest BCUT2D eigenvalue weighted by molar-refractivity contribution is -0.132. The summed E-state index contributed by atoms with van der Waals surface area (Å²) in [6, 6.07) is 0. The van der Waals surface area contributed by atoms with Crippen molar-refractivity contribution in [3.8, 4) is 0 Å². The molecule has 1 atom stereocenters. The second kappa shape index (κ2) is 4.58. The molecule has 1 N–H and O–H groups in total. The van der Waals surface area contributed by atoms with Gasteiger partial charge in [0.2, 0.25) is 0 Å². The van der Waals surface area contributed by atoms with E-state index in [0.717, 1.165) is 0 Å². The Bertz CT molecular complexity index is 487. The van der Waals surface area contributed by atoms with Crippen molar-refractivity contribution < 1.29 is 14.7 Å². The summed E-state index contributed by atoms with van der Waals surface area (Å²) in [7, 11) is 0. The molecule has 0 aromatic heterocycles. The molecular weight excluding hydrogens is 308 g/mol. The Morgan fingerprint density at radius 1 is 1.21 bits per heavy atom. The summed E-state index contributed by atoms with van der Waals surface area (Å²) in [5, 5.41) is 9.26. The van der Waals surface area contributed by atoms with Gasteiger partial charge in [-0.15, -0.1) is 0 Å². The van der Waals surface area contributed by atoms with E-state index in [0.29, 0.717) is 5.57 Å². The number of ketones is 1. The third kappa shape index (κ3) is 2.83. The van der Waals surface area contributed by atoms with Gasteiger partial charge in [0, 0.05) is 5.57 Å². The zero-order valence-electron chi connectivity index (χ0n) is 12.3. The summed E-state index contributed by atoms with van der Waals surface area (Å²) < 4.78 is -0.981. The Hall–Kier alpha value is -0.900. The first-order valence-electron chi connectivity index (χ1n) is 6.23. The van der Waals surface area contributed by atoms with E-state index >= 15 is 0 Å². The molecule has 0 amide bonds. The highest BCUT2D eigenvalue weighted by Crippen LogP contribution is 2.47. The molecule has 0 saturated carbocycles. The number of allylic oxidation sites excluding steroid dienone is 2. The van der Waals surface area contributed by atoms with Gasteiger partial charge in [0.25, 0.3) is 0 Å². The number of hydrogen-bond donors (Lipinski definition) is 1. The first-order valence-corrected chi connectivity index (χ1v) is 7.02. The third-order valence-electron chi connectivity index (χ3n) is 3.38. The first-order chi connectivity index (χ1) is 8.30. The van der Waals surface area contributed by atoms with E-state index in [1.165, 1.54) is 12.2 Å². The molecule has 0 spiro atoms. The molecule has 0 aromatic rings. The van der Waals surface area contributed by atoms with E-state index < -0.39 is 21.1 Å². The molecule has 0 heterocycles. The van der Waals surface area contributed by atoms with E-state index in [-0.39, 0.29) is 11.4 Å². The van der Waals surface area contributed by atoms with Crippen LogP contribution >= 0.6 is 15.9 Å². The molecular formula is C15H21BrO3. The largest absolute Gasteiger partial charge is 0.478 e. The predicted octanol–water partition coefficient (Wildman–Crippen LogP) is 3.73. The number of rotatable bonds is 1. The smallest absolute Gasteiger partial charge is 0.335 e. The minimum atomic E-state index is -1.01. The van der Waals surface area contributed by atoms with Crippen molar-refractivity contribution in [1.29, 1.82) is 0 Å². The van der Waals surface area contributed by atoms with Gasteiger partial charge >= 0.3 is 5.97 Å². The molecule has 1 aliphatic rings. The van der Waals surface area contributed by atoms with E-state index in [2.05, 4.69) is 15.9 Å². The van der Waals surface area contributed by atoms with Crippen LogP contribution in [0.3, 0.4) is 0 Å². The highest BCUT2D eigenvalue weighted by Gasteiger charge is 2.49. The van der Waals surface area contributed by atoms with Crippen molar-refractivity contribution in [3.63, 3.8) is 0 Å². The number of hydrogen-bond acceptors (Lipinski definition) is 2. The first kappa shape index (κ1) is 16.2. The van der Waals surface area contributed by atoms with Gasteiger partial charge < -0.3 is 5.11 Å². The fraction of sp³-hybridized carbons (Fsp3) is 0.600. The number of halogens is 1. The Balaban J connectivity index is 3.54. The number of carboxylic acids is 1. The molecule has 4 heteroatoms. The lowest BCUT2D eigenvalue weighted by atomic mass is 9.68. The fourth-order valence-electron chi connectivity index (χ4n) is 1.98.